The van der Waals surface area contributed by atoms with Crippen molar-refractivity contribution in [3.63, 3.8) is 0 Å². The van der Waals surface area contributed by atoms with E-state index >= 15 is 9.59 Å². The molecule has 1 aromatic carbocycles. The summed E-state index contributed by atoms with van der Waals surface area (Å²) < 4.78 is 46.9. The van der Waals surface area contributed by atoms with E-state index in [4.69, 9.17) is 24.2 Å². The van der Waals surface area contributed by atoms with Gasteiger partial charge in [-0.15, -0.1) is 0 Å². The Hall–Kier alpha value is -4.21. The molecule has 3 saturated carbocycles. The first-order valence-electron chi connectivity index (χ1n) is 22.6. The van der Waals surface area contributed by atoms with E-state index in [-0.39, 0.29) is 24.8 Å². The van der Waals surface area contributed by atoms with Gasteiger partial charge >= 0.3 is 6.09 Å². The largest absolute Gasteiger partial charge is 0.497 e. The standard InChI is InChI=1S/C45H66N6O9S/c1-8-15-28-25-45(28,41(54)50-61(56,57)30-20-21-30)49-38(52)36-31(9-2)35-26-51(36)40(53)37(43(3,4)5)48-42(55)60-44(6)23-14-17-27(44)16-12-10-11-13-18-33-39(59-35)47-34-24-29(58-7)19-22-32(34)46-33/h19,22,24,27-28,30-31,35-37H,8-18,20-21,23,25-26H2,1-7H3,(H,48,55)(H,49,52)(H,50,54)/t27-,28-,31-,35+,36+,37-,44-,45-/m1/s1. The normalized spacial score (nSPS) is 31.3. The van der Waals surface area contributed by atoms with Gasteiger partial charge in [0.15, 0.2) is 0 Å². The van der Waals surface area contributed by atoms with Crippen LogP contribution < -0.4 is 24.8 Å². The zero-order valence-electron chi connectivity index (χ0n) is 37.0. The van der Waals surface area contributed by atoms with Crippen LogP contribution in [0.2, 0.25) is 0 Å². The number of rotatable bonds is 9. The van der Waals surface area contributed by atoms with Gasteiger partial charge in [-0.2, -0.15) is 0 Å². The van der Waals surface area contributed by atoms with Crippen LogP contribution in [0.5, 0.6) is 11.6 Å². The van der Waals surface area contributed by atoms with Gasteiger partial charge in [0.25, 0.3) is 5.91 Å². The number of aryl methyl sites for hydroxylation is 1. The van der Waals surface area contributed by atoms with Crippen molar-refractivity contribution < 1.29 is 41.8 Å². The van der Waals surface area contributed by atoms with Crippen LogP contribution in [-0.2, 0) is 35.6 Å². The summed E-state index contributed by atoms with van der Waals surface area (Å²) in [7, 11) is -2.31. The second-order valence-corrected chi connectivity index (χ2v) is 21.5. The number of carbonyl (C=O) groups is 4. The first-order valence-corrected chi connectivity index (χ1v) is 24.2. The zero-order valence-corrected chi connectivity index (χ0v) is 37.8. The van der Waals surface area contributed by atoms with Crippen LogP contribution in [0.1, 0.15) is 137 Å². The number of hydrogen-bond acceptors (Lipinski definition) is 11. The van der Waals surface area contributed by atoms with Crippen molar-refractivity contribution in [3.05, 3.63) is 23.9 Å². The summed E-state index contributed by atoms with van der Waals surface area (Å²) in [5.41, 5.74) is -1.01. The SMILES string of the molecule is CCC[C@@H]1C[C@]1(NC(=O)[C@@H]1[C@H](CC)[C@@H]2CN1C(=O)[C@H](C(C)(C)C)NC(=O)O[C@]1(C)CCC[C@H]1CCCCCCc1nc3ccc(OC)cc3nc1O2)C(=O)NS(=O)(=O)C1CC1. The van der Waals surface area contributed by atoms with Crippen molar-refractivity contribution >= 4 is 44.9 Å². The average molecular weight is 867 g/mol. The molecule has 2 bridgehead atoms. The Labute approximate surface area is 360 Å². The molecule has 2 aliphatic heterocycles. The maximum atomic E-state index is 15.2. The predicted molar refractivity (Wildman–Crippen MR) is 229 cm³/mol. The molecule has 3 aliphatic carbocycles. The quantitative estimate of drug-likeness (QED) is 0.263. The van der Waals surface area contributed by atoms with Gasteiger partial charge < -0.3 is 29.7 Å². The van der Waals surface area contributed by atoms with Gasteiger partial charge in [0.1, 0.15) is 40.8 Å². The highest BCUT2D eigenvalue weighted by atomic mass is 32.2. The third-order valence-electron chi connectivity index (χ3n) is 14.0. The van der Waals surface area contributed by atoms with Crippen LogP contribution in [-0.4, -0.2) is 95.3 Å². The summed E-state index contributed by atoms with van der Waals surface area (Å²) in [4.78, 5) is 69.5. The van der Waals surface area contributed by atoms with Crippen molar-refractivity contribution in [3.8, 4) is 11.6 Å². The number of hydrogen-bond donors (Lipinski definition) is 3. The van der Waals surface area contributed by atoms with E-state index in [0.717, 1.165) is 57.8 Å². The smallest absolute Gasteiger partial charge is 0.408 e. The van der Waals surface area contributed by atoms with Crippen molar-refractivity contribution in [2.75, 3.05) is 13.7 Å². The lowest BCUT2D eigenvalue weighted by Crippen LogP contribution is -2.61. The molecule has 5 aliphatic rings. The third kappa shape index (κ3) is 9.44. The maximum Gasteiger partial charge on any atom is 0.408 e. The second-order valence-electron chi connectivity index (χ2n) is 19.5. The Morgan fingerprint density at radius 1 is 1.02 bits per heavy atom. The highest BCUT2D eigenvalue weighted by molar-refractivity contribution is 7.91. The zero-order chi connectivity index (χ0) is 43.9. The maximum absolute atomic E-state index is 15.2. The Balaban J connectivity index is 1.28. The topological polar surface area (TPSA) is 195 Å². The number of nitrogens with zero attached hydrogens (tertiary/aromatic N) is 3. The van der Waals surface area contributed by atoms with Gasteiger partial charge in [-0.05, 0) is 107 Å². The van der Waals surface area contributed by atoms with E-state index in [9.17, 15) is 18.0 Å². The Morgan fingerprint density at radius 2 is 1.75 bits per heavy atom. The molecule has 3 heterocycles. The van der Waals surface area contributed by atoms with Gasteiger partial charge in [0.05, 0.1) is 29.9 Å². The van der Waals surface area contributed by atoms with Crippen LogP contribution in [0.4, 0.5) is 4.79 Å². The molecule has 0 radical (unpaired) electrons. The summed E-state index contributed by atoms with van der Waals surface area (Å²) in [6.07, 6.45) is 9.51. The highest BCUT2D eigenvalue weighted by Crippen LogP contribution is 2.48. The molecule has 1 aromatic heterocycles. The third-order valence-corrected chi connectivity index (χ3v) is 15.8. The number of benzene rings is 1. The Bertz CT molecular complexity index is 2110. The van der Waals surface area contributed by atoms with Crippen molar-refractivity contribution in [2.45, 2.75) is 172 Å². The number of methoxy groups -OCH3 is 1. The molecular weight excluding hydrogens is 801 g/mol. The van der Waals surface area contributed by atoms with Crippen molar-refractivity contribution in [2.24, 2.45) is 23.2 Å². The molecule has 4 fully saturated rings. The molecule has 3 N–H and O–H groups in total. The number of carbonyl (C=O) groups excluding carboxylic acids is 4. The summed E-state index contributed by atoms with van der Waals surface area (Å²) in [5, 5.41) is 5.32. The minimum Gasteiger partial charge on any atom is -0.497 e. The summed E-state index contributed by atoms with van der Waals surface area (Å²) in [5.74, 6) is -1.59. The van der Waals surface area contributed by atoms with Gasteiger partial charge in [-0.3, -0.25) is 19.1 Å². The first kappa shape index (κ1) is 44.8. The number of aromatic nitrogens is 2. The number of ether oxygens (including phenoxy) is 3. The van der Waals surface area contributed by atoms with Gasteiger partial charge in [-0.1, -0.05) is 60.3 Å². The fourth-order valence-corrected chi connectivity index (χ4v) is 11.5. The molecule has 15 nitrogen and oxygen atoms in total. The Kier molecular flexibility index (Phi) is 12.9. The summed E-state index contributed by atoms with van der Waals surface area (Å²) in [6, 6.07) is 3.26. The fourth-order valence-electron chi connectivity index (χ4n) is 10.1. The van der Waals surface area contributed by atoms with E-state index < -0.39 is 79.7 Å². The van der Waals surface area contributed by atoms with Crippen LogP contribution >= 0.6 is 0 Å². The molecule has 7 rings (SSSR count). The molecule has 61 heavy (non-hydrogen) atoms. The molecule has 0 spiro atoms. The van der Waals surface area contributed by atoms with E-state index in [2.05, 4.69) is 15.4 Å². The number of fused-ring (bicyclic) bond motifs is 5. The monoisotopic (exact) mass is 866 g/mol. The number of amides is 4. The molecule has 2 aromatic rings. The minimum absolute atomic E-state index is 0.0244. The Morgan fingerprint density at radius 3 is 2.44 bits per heavy atom. The van der Waals surface area contributed by atoms with Gasteiger partial charge in [0, 0.05) is 12.0 Å². The molecular formula is C45H66N6O9S. The predicted octanol–water partition coefficient (Wildman–Crippen LogP) is 6.11. The average Bonchev–Trinajstić information content (AvgIpc) is 4.11. The number of alkyl carbamates (subject to hydrolysis) is 1. The first-order chi connectivity index (χ1) is 28.9. The van der Waals surface area contributed by atoms with Crippen LogP contribution in [0, 0.1) is 23.2 Å². The van der Waals surface area contributed by atoms with Crippen molar-refractivity contribution in [1.29, 1.82) is 0 Å². The molecule has 0 unspecified atom stereocenters. The van der Waals surface area contributed by atoms with Crippen molar-refractivity contribution in [1.82, 2.24) is 30.2 Å². The van der Waals surface area contributed by atoms with E-state index in [1.54, 1.807) is 13.2 Å². The minimum atomic E-state index is -3.90. The molecule has 16 heteroatoms. The van der Waals surface area contributed by atoms with E-state index in [0.29, 0.717) is 60.5 Å². The van der Waals surface area contributed by atoms with Crippen LogP contribution in [0.25, 0.3) is 11.0 Å². The summed E-state index contributed by atoms with van der Waals surface area (Å²) >= 11 is 0. The van der Waals surface area contributed by atoms with Gasteiger partial charge in [-0.25, -0.2) is 23.2 Å². The van der Waals surface area contributed by atoms with E-state index in [1.165, 1.54) is 4.90 Å². The summed E-state index contributed by atoms with van der Waals surface area (Å²) in [6.45, 7) is 11.4. The molecule has 8 atom stereocenters. The van der Waals surface area contributed by atoms with Crippen LogP contribution in [0.15, 0.2) is 18.2 Å². The fraction of sp³-hybridized carbons (Fsp3) is 0.733. The number of sulfonamides is 1. The lowest BCUT2D eigenvalue weighted by Gasteiger charge is -2.37. The highest BCUT2D eigenvalue weighted by Gasteiger charge is 2.63. The second kappa shape index (κ2) is 17.5. The molecule has 336 valence electrons. The van der Waals surface area contributed by atoms with Gasteiger partial charge in [0.2, 0.25) is 27.7 Å². The van der Waals surface area contributed by atoms with E-state index in [1.807, 2.05) is 53.7 Å². The van der Waals surface area contributed by atoms with Crippen LogP contribution in [0.3, 0.4) is 0 Å². The molecule has 4 amide bonds. The lowest BCUT2D eigenvalue weighted by atomic mass is 9.85. The number of nitrogens with one attached hydrogen (secondary N) is 3. The lowest BCUT2D eigenvalue weighted by molar-refractivity contribution is -0.144. The molecule has 1 saturated heterocycles.